The highest BCUT2D eigenvalue weighted by Crippen LogP contribution is 2.25. The van der Waals surface area contributed by atoms with Crippen LogP contribution in [0.3, 0.4) is 0 Å². The Bertz CT molecular complexity index is 230. The lowest BCUT2D eigenvalue weighted by Crippen LogP contribution is -2.42. The van der Waals surface area contributed by atoms with Crippen LogP contribution in [0.5, 0.6) is 0 Å². The molecule has 0 heterocycles. The van der Waals surface area contributed by atoms with E-state index in [2.05, 4.69) is 6.58 Å². The van der Waals surface area contributed by atoms with Crippen molar-refractivity contribution in [2.24, 2.45) is 5.41 Å². The van der Waals surface area contributed by atoms with Crippen molar-refractivity contribution in [2.45, 2.75) is 33.7 Å². The Morgan fingerprint density at radius 2 is 1.73 bits per heavy atom. The van der Waals surface area contributed by atoms with Crippen LogP contribution in [0.15, 0.2) is 12.1 Å². The molecule has 0 saturated heterocycles. The van der Waals surface area contributed by atoms with E-state index in [0.717, 1.165) is 0 Å². The van der Waals surface area contributed by atoms with E-state index in [9.17, 15) is 12.9 Å². The maximum Gasteiger partial charge on any atom is 0.506 e. The van der Waals surface area contributed by atoms with Crippen molar-refractivity contribution in [1.82, 2.24) is 4.90 Å². The van der Waals surface area contributed by atoms with Gasteiger partial charge in [0.05, 0.1) is 0 Å². The summed E-state index contributed by atoms with van der Waals surface area (Å²) in [7, 11) is 1.70. The van der Waals surface area contributed by atoms with Crippen molar-refractivity contribution in [1.29, 1.82) is 0 Å². The van der Waals surface area contributed by atoms with Crippen molar-refractivity contribution in [3.63, 3.8) is 0 Å². The summed E-state index contributed by atoms with van der Waals surface area (Å²) in [6, 6.07) is 0.0763. The Labute approximate surface area is 90.4 Å². The first kappa shape index (κ1) is 14.6. The molecule has 0 N–H and O–H groups in total. The van der Waals surface area contributed by atoms with Crippen molar-refractivity contribution in [3.05, 3.63) is 12.1 Å². The molecule has 0 rings (SSSR count). The van der Waals surface area contributed by atoms with Gasteiger partial charge in [0.1, 0.15) is 0 Å². The zero-order valence-electron chi connectivity index (χ0n) is 10.2. The SMILES string of the molecule is C=C(CN(C)C(C)C(C)(C)C)[B-](F)(F)F. The third-order valence-corrected chi connectivity index (χ3v) is 2.83. The smallest absolute Gasteiger partial charge is 0.445 e. The molecule has 0 aromatic carbocycles. The minimum Gasteiger partial charge on any atom is -0.445 e. The summed E-state index contributed by atoms with van der Waals surface area (Å²) in [5.74, 6) is 0. The Hall–Kier alpha value is -0.445. The first-order chi connectivity index (χ1) is 6.46. The first-order valence-corrected chi connectivity index (χ1v) is 5.04. The quantitative estimate of drug-likeness (QED) is 0.659. The second-order valence-corrected chi connectivity index (χ2v) is 5.19. The van der Waals surface area contributed by atoms with Gasteiger partial charge in [0, 0.05) is 6.04 Å². The van der Waals surface area contributed by atoms with E-state index >= 15 is 0 Å². The molecule has 5 heteroatoms. The molecule has 0 aliphatic rings. The summed E-state index contributed by atoms with van der Waals surface area (Å²) >= 11 is 0. The fraction of sp³-hybridized carbons (Fsp3) is 0.800. The van der Waals surface area contributed by atoms with Gasteiger partial charge in [0.15, 0.2) is 0 Å². The zero-order chi connectivity index (χ0) is 12.4. The van der Waals surface area contributed by atoms with Gasteiger partial charge in [-0.15, -0.1) is 12.1 Å². The first-order valence-electron chi connectivity index (χ1n) is 5.04. The molecule has 1 nitrogen and oxygen atoms in total. The van der Waals surface area contributed by atoms with Crippen LogP contribution in [0.1, 0.15) is 27.7 Å². The number of likely N-dealkylation sites (N-methyl/N-ethyl adjacent to an activating group) is 1. The van der Waals surface area contributed by atoms with Gasteiger partial charge in [-0.25, -0.2) is 0 Å². The van der Waals surface area contributed by atoms with Crippen LogP contribution in [0.4, 0.5) is 12.9 Å². The molecule has 0 saturated carbocycles. The van der Waals surface area contributed by atoms with E-state index in [0.29, 0.717) is 0 Å². The molecule has 1 atom stereocenters. The van der Waals surface area contributed by atoms with E-state index in [-0.39, 0.29) is 18.0 Å². The van der Waals surface area contributed by atoms with Crippen molar-refractivity contribution < 1.29 is 12.9 Å². The molecule has 1 unspecified atom stereocenters. The summed E-state index contributed by atoms with van der Waals surface area (Å²) < 4.78 is 36.9. The highest BCUT2D eigenvalue weighted by molar-refractivity contribution is 6.66. The van der Waals surface area contributed by atoms with Crippen LogP contribution >= 0.6 is 0 Å². The van der Waals surface area contributed by atoms with Crippen LogP contribution in [0, 0.1) is 5.41 Å². The second-order valence-electron chi connectivity index (χ2n) is 5.19. The monoisotopic (exact) mass is 222 g/mol. The average Bonchev–Trinajstić information content (AvgIpc) is 1.99. The molecule has 0 bridgehead atoms. The van der Waals surface area contributed by atoms with E-state index < -0.39 is 12.4 Å². The number of rotatable bonds is 4. The predicted octanol–water partition coefficient (Wildman–Crippen LogP) is 3.30. The largest absolute Gasteiger partial charge is 0.506 e. The summed E-state index contributed by atoms with van der Waals surface area (Å²) in [5.41, 5.74) is -0.665. The van der Waals surface area contributed by atoms with Crippen LogP contribution in [-0.2, 0) is 0 Å². The van der Waals surface area contributed by atoms with Crippen molar-refractivity contribution >= 4 is 6.98 Å². The molecule has 0 amide bonds. The van der Waals surface area contributed by atoms with Gasteiger partial charge in [0.2, 0.25) is 0 Å². The van der Waals surface area contributed by atoms with E-state index in [1.54, 1.807) is 11.9 Å². The molecule has 15 heavy (non-hydrogen) atoms. The Balaban J connectivity index is 4.39. The Morgan fingerprint density at radius 1 is 1.33 bits per heavy atom. The predicted molar refractivity (Wildman–Crippen MR) is 59.8 cm³/mol. The minimum atomic E-state index is -4.91. The average molecular weight is 222 g/mol. The Morgan fingerprint density at radius 3 is 2.00 bits per heavy atom. The van der Waals surface area contributed by atoms with Crippen molar-refractivity contribution in [2.75, 3.05) is 13.6 Å². The molecule has 0 radical (unpaired) electrons. The lowest BCUT2D eigenvalue weighted by molar-refractivity contribution is 0.151. The molecule has 0 aromatic rings. The number of halogens is 3. The summed E-state index contributed by atoms with van der Waals surface area (Å²) in [5, 5.41) is 0. The third-order valence-electron chi connectivity index (χ3n) is 2.83. The number of hydrogen-bond donors (Lipinski definition) is 0. The normalized spacial score (nSPS) is 15.5. The maximum absolute atomic E-state index is 12.3. The van der Waals surface area contributed by atoms with Gasteiger partial charge in [0.25, 0.3) is 0 Å². The third kappa shape index (κ3) is 4.73. The maximum atomic E-state index is 12.3. The second kappa shape index (κ2) is 4.60. The van der Waals surface area contributed by atoms with Crippen LogP contribution < -0.4 is 0 Å². The molecule has 0 aromatic heterocycles. The summed E-state index contributed by atoms with van der Waals surface area (Å²) in [4.78, 5) is 1.69. The number of nitrogens with zero attached hydrogens (tertiary/aromatic N) is 1. The van der Waals surface area contributed by atoms with Gasteiger partial charge in [-0.3, -0.25) is 0 Å². The zero-order valence-corrected chi connectivity index (χ0v) is 10.2. The molecular weight excluding hydrogens is 202 g/mol. The van der Waals surface area contributed by atoms with Gasteiger partial charge in [-0.1, -0.05) is 20.8 Å². The van der Waals surface area contributed by atoms with Crippen LogP contribution in [0.25, 0.3) is 0 Å². The van der Waals surface area contributed by atoms with Gasteiger partial charge >= 0.3 is 6.98 Å². The molecule has 0 fully saturated rings. The van der Waals surface area contributed by atoms with Crippen LogP contribution in [-0.4, -0.2) is 31.5 Å². The standard InChI is InChI=1S/C10H20BF3N/c1-8(11(12,13)14)7-15(6)9(2)10(3,4)5/h9H,1,7H2,2-6H3/q-1. The summed E-state index contributed by atoms with van der Waals surface area (Å²) in [6.07, 6.45) is 0. The van der Waals surface area contributed by atoms with Crippen LogP contribution in [0.2, 0.25) is 0 Å². The lowest BCUT2D eigenvalue weighted by atomic mass is 9.79. The molecule has 90 valence electrons. The fourth-order valence-corrected chi connectivity index (χ4v) is 1.22. The highest BCUT2D eigenvalue weighted by atomic mass is 19.4. The molecule has 0 spiro atoms. The van der Waals surface area contributed by atoms with Gasteiger partial charge < -0.3 is 17.8 Å². The minimum absolute atomic E-state index is 0.0341. The highest BCUT2D eigenvalue weighted by Gasteiger charge is 2.30. The fourth-order valence-electron chi connectivity index (χ4n) is 1.22. The lowest BCUT2D eigenvalue weighted by Gasteiger charge is -2.37. The topological polar surface area (TPSA) is 3.24 Å². The Kier molecular flexibility index (Phi) is 4.46. The van der Waals surface area contributed by atoms with Gasteiger partial charge in [-0.05, 0) is 25.9 Å². The van der Waals surface area contributed by atoms with E-state index in [4.69, 9.17) is 0 Å². The number of hydrogen-bond acceptors (Lipinski definition) is 1. The van der Waals surface area contributed by atoms with E-state index in [1.165, 1.54) is 0 Å². The molecule has 0 aliphatic carbocycles. The molecule has 0 aliphatic heterocycles. The van der Waals surface area contributed by atoms with E-state index in [1.807, 2.05) is 27.7 Å². The van der Waals surface area contributed by atoms with Gasteiger partial charge in [-0.2, -0.15) is 0 Å². The molecular formula is C10H20BF3N-. The summed E-state index contributed by atoms with van der Waals surface area (Å²) in [6.45, 7) is 6.03. The van der Waals surface area contributed by atoms with Crippen molar-refractivity contribution in [3.8, 4) is 0 Å².